The molecule has 12 heteroatoms. The van der Waals surface area contributed by atoms with Crippen molar-refractivity contribution in [2.45, 2.75) is 20.1 Å². The number of carbonyl (C=O) groups excluding carboxylic acids is 1. The summed E-state index contributed by atoms with van der Waals surface area (Å²) < 4.78 is 16.9. The molecule has 0 bridgehead atoms. The first-order chi connectivity index (χ1) is 15.9. The summed E-state index contributed by atoms with van der Waals surface area (Å²) >= 11 is 15.8. The molecule has 3 rings (SSSR count). The number of aromatic nitrogens is 2. The van der Waals surface area contributed by atoms with E-state index in [1.54, 1.807) is 12.1 Å². The van der Waals surface area contributed by atoms with Crippen LogP contribution >= 0.6 is 39.1 Å². The highest BCUT2D eigenvalue weighted by atomic mass is 79.9. The van der Waals surface area contributed by atoms with Gasteiger partial charge in [0.1, 0.15) is 6.61 Å². The van der Waals surface area contributed by atoms with E-state index in [9.17, 15) is 4.79 Å². The normalized spacial score (nSPS) is 10.8. The van der Waals surface area contributed by atoms with Crippen LogP contribution in [-0.2, 0) is 13.2 Å². The Kier molecular flexibility index (Phi) is 9.19. The van der Waals surface area contributed by atoms with Crippen LogP contribution in [0.25, 0.3) is 0 Å². The Morgan fingerprint density at radius 1 is 1.18 bits per heavy atom. The number of amides is 1. The van der Waals surface area contributed by atoms with Crippen molar-refractivity contribution in [3.63, 3.8) is 0 Å². The number of nitrogens with two attached hydrogens (primary N) is 1. The van der Waals surface area contributed by atoms with Crippen molar-refractivity contribution in [2.75, 3.05) is 25.4 Å². The third kappa shape index (κ3) is 6.97. The molecule has 0 aliphatic carbocycles. The fourth-order valence-corrected chi connectivity index (χ4v) is 3.92. The van der Waals surface area contributed by atoms with E-state index in [0.717, 1.165) is 15.6 Å². The number of nitrogen functional groups attached to an aromatic ring is 1. The van der Waals surface area contributed by atoms with Crippen molar-refractivity contribution in [2.24, 2.45) is 0 Å². The van der Waals surface area contributed by atoms with Crippen molar-refractivity contribution >= 4 is 50.9 Å². The van der Waals surface area contributed by atoms with Gasteiger partial charge in [-0.25, -0.2) is 4.63 Å². The lowest BCUT2D eigenvalue weighted by atomic mass is 10.2. The molecule has 0 spiro atoms. The Bertz CT molecular complexity index is 1110. The predicted octanol–water partition coefficient (Wildman–Crippen LogP) is 4.22. The molecule has 3 aromatic rings. The summed E-state index contributed by atoms with van der Waals surface area (Å²) in [6, 6.07) is 9.10. The summed E-state index contributed by atoms with van der Waals surface area (Å²) in [7, 11) is 0. The van der Waals surface area contributed by atoms with Gasteiger partial charge in [0.2, 0.25) is 11.5 Å². The zero-order valence-electron chi connectivity index (χ0n) is 17.7. The molecule has 0 aliphatic rings. The monoisotopic (exact) mass is 557 g/mol. The largest absolute Gasteiger partial charge is 0.490 e. The summed E-state index contributed by atoms with van der Waals surface area (Å²) in [5.41, 5.74) is 7.25. The van der Waals surface area contributed by atoms with Gasteiger partial charge in [-0.15, -0.1) is 0 Å². The molecule has 4 N–H and O–H groups in total. The lowest BCUT2D eigenvalue weighted by molar-refractivity contribution is 0.0944. The van der Waals surface area contributed by atoms with Gasteiger partial charge in [0.25, 0.3) is 5.91 Å². The van der Waals surface area contributed by atoms with Crippen molar-refractivity contribution in [3.05, 3.63) is 61.7 Å². The average molecular weight is 559 g/mol. The molecule has 0 saturated heterocycles. The number of rotatable bonds is 11. The second-order valence-electron chi connectivity index (χ2n) is 6.79. The molecule has 0 saturated carbocycles. The molecular formula is C21H22BrCl2N5O4. The first-order valence-corrected chi connectivity index (χ1v) is 11.5. The fraction of sp³-hybridized carbons (Fsp3) is 0.286. The van der Waals surface area contributed by atoms with Crippen LogP contribution in [0.3, 0.4) is 0 Å². The van der Waals surface area contributed by atoms with Crippen molar-refractivity contribution in [3.8, 4) is 11.5 Å². The predicted molar refractivity (Wildman–Crippen MR) is 129 cm³/mol. The lowest BCUT2D eigenvalue weighted by Crippen LogP contribution is -2.32. The van der Waals surface area contributed by atoms with Gasteiger partial charge < -0.3 is 25.8 Å². The third-order valence-electron chi connectivity index (χ3n) is 4.40. The topological polar surface area (TPSA) is 125 Å². The van der Waals surface area contributed by atoms with Crippen molar-refractivity contribution in [1.82, 2.24) is 20.9 Å². The van der Waals surface area contributed by atoms with Crippen molar-refractivity contribution in [1.29, 1.82) is 0 Å². The number of halogens is 3. The van der Waals surface area contributed by atoms with E-state index in [4.69, 9.17) is 38.4 Å². The van der Waals surface area contributed by atoms with Crippen LogP contribution < -0.4 is 25.8 Å². The molecule has 176 valence electrons. The lowest BCUT2D eigenvalue weighted by Gasteiger charge is -2.16. The quantitative estimate of drug-likeness (QED) is 0.299. The number of nitrogens with zero attached hydrogens (tertiary/aromatic N) is 2. The summed E-state index contributed by atoms with van der Waals surface area (Å²) in [6.07, 6.45) is 0. The average Bonchev–Trinajstić information content (AvgIpc) is 3.20. The number of anilines is 1. The van der Waals surface area contributed by atoms with Crippen LogP contribution in [0.4, 0.5) is 5.82 Å². The van der Waals surface area contributed by atoms with Crippen molar-refractivity contribution < 1.29 is 18.9 Å². The molecule has 0 unspecified atom stereocenters. The maximum Gasteiger partial charge on any atom is 0.277 e. The molecule has 2 aromatic carbocycles. The van der Waals surface area contributed by atoms with E-state index in [-0.39, 0.29) is 18.1 Å². The Labute approximate surface area is 209 Å². The van der Waals surface area contributed by atoms with E-state index in [1.807, 2.05) is 25.1 Å². The van der Waals surface area contributed by atoms with Gasteiger partial charge in [-0.2, -0.15) is 0 Å². The highest BCUT2D eigenvalue weighted by Crippen LogP contribution is 2.38. The number of hydrogen-bond donors (Lipinski definition) is 3. The molecule has 0 atom stereocenters. The summed E-state index contributed by atoms with van der Waals surface area (Å²) in [5.74, 6) is 0.697. The number of ether oxygens (including phenoxy) is 2. The minimum atomic E-state index is -0.445. The van der Waals surface area contributed by atoms with E-state index in [2.05, 4.69) is 41.5 Å². The minimum absolute atomic E-state index is 0.0317. The standard InChI is InChI=1S/C21H22BrCl2N5O4/c1-2-31-17-8-12(10-26-5-6-27-21(30)18-20(25)29-33-28-18)7-15(22)19(17)32-11-13-3-4-14(23)9-16(13)24/h3-4,7-9,26H,2,5-6,10-11H2,1H3,(H2,25,29)(H,27,30). The Morgan fingerprint density at radius 2 is 2.00 bits per heavy atom. The summed E-state index contributed by atoms with van der Waals surface area (Å²) in [6.45, 7) is 4.08. The smallest absolute Gasteiger partial charge is 0.277 e. The minimum Gasteiger partial charge on any atom is -0.490 e. The molecule has 0 aliphatic heterocycles. The van der Waals surface area contributed by atoms with Gasteiger partial charge in [0, 0.05) is 35.2 Å². The molecule has 1 heterocycles. The maximum absolute atomic E-state index is 11.9. The van der Waals surface area contributed by atoms with Gasteiger partial charge in [0.15, 0.2) is 11.5 Å². The summed E-state index contributed by atoms with van der Waals surface area (Å²) in [5, 5.41) is 13.9. The van der Waals surface area contributed by atoms with Crippen LogP contribution in [0.15, 0.2) is 39.4 Å². The van der Waals surface area contributed by atoms with Gasteiger partial charge in [0.05, 0.1) is 11.1 Å². The first kappa shape index (κ1) is 25.1. The Morgan fingerprint density at radius 3 is 2.70 bits per heavy atom. The number of hydrogen-bond acceptors (Lipinski definition) is 8. The van der Waals surface area contributed by atoms with Crippen LogP contribution in [0, 0.1) is 0 Å². The molecular weight excluding hydrogens is 537 g/mol. The molecule has 33 heavy (non-hydrogen) atoms. The molecule has 0 radical (unpaired) electrons. The van der Waals surface area contributed by atoms with Crippen LogP contribution in [0.5, 0.6) is 11.5 Å². The fourth-order valence-electron chi connectivity index (χ4n) is 2.85. The second kappa shape index (κ2) is 12.1. The Hall–Kier alpha value is -2.53. The van der Waals surface area contributed by atoms with Gasteiger partial charge in [-0.05, 0) is 63.0 Å². The van der Waals surface area contributed by atoms with Crippen LogP contribution in [-0.4, -0.2) is 35.9 Å². The Balaban J connectivity index is 1.56. The first-order valence-electron chi connectivity index (χ1n) is 9.98. The van der Waals surface area contributed by atoms with E-state index < -0.39 is 5.91 Å². The van der Waals surface area contributed by atoms with Crippen LogP contribution in [0.1, 0.15) is 28.5 Å². The highest BCUT2D eigenvalue weighted by Gasteiger charge is 2.16. The van der Waals surface area contributed by atoms with E-state index in [1.165, 1.54) is 0 Å². The zero-order valence-corrected chi connectivity index (χ0v) is 20.8. The van der Waals surface area contributed by atoms with E-state index in [0.29, 0.717) is 47.8 Å². The zero-order chi connectivity index (χ0) is 23.8. The number of carbonyl (C=O) groups is 1. The van der Waals surface area contributed by atoms with E-state index >= 15 is 0 Å². The molecule has 0 fully saturated rings. The van der Waals surface area contributed by atoms with Gasteiger partial charge in [-0.3, -0.25) is 4.79 Å². The summed E-state index contributed by atoms with van der Waals surface area (Å²) in [4.78, 5) is 11.9. The highest BCUT2D eigenvalue weighted by molar-refractivity contribution is 9.10. The molecule has 1 amide bonds. The SMILES string of the molecule is CCOc1cc(CNCCNC(=O)c2nonc2N)cc(Br)c1OCc1ccc(Cl)cc1Cl. The van der Waals surface area contributed by atoms with Crippen LogP contribution in [0.2, 0.25) is 10.0 Å². The number of benzene rings is 2. The maximum atomic E-state index is 11.9. The third-order valence-corrected chi connectivity index (χ3v) is 5.58. The second-order valence-corrected chi connectivity index (χ2v) is 8.49. The molecule has 1 aromatic heterocycles. The van der Waals surface area contributed by atoms with Gasteiger partial charge in [-0.1, -0.05) is 29.3 Å². The van der Waals surface area contributed by atoms with Gasteiger partial charge >= 0.3 is 0 Å². The number of nitrogens with one attached hydrogen (secondary N) is 2. The molecule has 9 nitrogen and oxygen atoms in total.